The molecule has 1 fully saturated rings. The molecule has 19 heavy (non-hydrogen) atoms. The lowest BCUT2D eigenvalue weighted by Gasteiger charge is -2.29. The molecule has 1 saturated heterocycles. The van der Waals surface area contributed by atoms with Gasteiger partial charge in [0.2, 0.25) is 0 Å². The van der Waals surface area contributed by atoms with Gasteiger partial charge in [-0.25, -0.2) is 0 Å². The largest absolute Gasteiger partial charge is 0.481 e. The third kappa shape index (κ3) is 2.66. The summed E-state index contributed by atoms with van der Waals surface area (Å²) in [5, 5.41) is 9.55. The van der Waals surface area contributed by atoms with Crippen LogP contribution in [0.5, 0.6) is 0 Å². The highest BCUT2D eigenvalue weighted by molar-refractivity contribution is 5.75. The minimum absolute atomic E-state index is 0.173. The summed E-state index contributed by atoms with van der Waals surface area (Å²) in [7, 11) is 0. The molecule has 0 bridgehead atoms. The van der Waals surface area contributed by atoms with Crippen LogP contribution in [0.4, 0.5) is 0 Å². The highest BCUT2D eigenvalue weighted by Crippen LogP contribution is 2.38. The van der Waals surface area contributed by atoms with Gasteiger partial charge in [0.15, 0.2) is 0 Å². The summed E-state index contributed by atoms with van der Waals surface area (Å²) in [6.45, 7) is 8.54. The van der Waals surface area contributed by atoms with Crippen LogP contribution in [0.15, 0.2) is 24.3 Å². The summed E-state index contributed by atoms with van der Waals surface area (Å²) < 4.78 is 0. The van der Waals surface area contributed by atoms with Crippen molar-refractivity contribution in [3.8, 4) is 0 Å². The number of aliphatic carboxylic acids is 1. The molecule has 1 aromatic carbocycles. The van der Waals surface area contributed by atoms with Gasteiger partial charge in [0, 0.05) is 13.1 Å². The maximum absolute atomic E-state index is 11.6. The van der Waals surface area contributed by atoms with Gasteiger partial charge in [-0.1, -0.05) is 38.1 Å². The van der Waals surface area contributed by atoms with Crippen LogP contribution in [0.25, 0.3) is 0 Å². The average molecular weight is 261 g/mol. The lowest BCUT2D eigenvalue weighted by atomic mass is 9.76. The van der Waals surface area contributed by atoms with E-state index in [1.807, 2.05) is 26.0 Å². The van der Waals surface area contributed by atoms with Crippen LogP contribution in [0.3, 0.4) is 0 Å². The molecule has 1 heterocycles. The molecule has 0 aromatic heterocycles. The van der Waals surface area contributed by atoms with Crippen LogP contribution < -0.4 is 0 Å². The number of carboxylic acid groups (broad SMARTS) is 1. The lowest BCUT2D eigenvalue weighted by Crippen LogP contribution is -2.39. The van der Waals surface area contributed by atoms with Crippen LogP contribution in [0.1, 0.15) is 31.4 Å². The first-order valence-corrected chi connectivity index (χ1v) is 6.96. The Morgan fingerprint density at radius 2 is 2.11 bits per heavy atom. The third-order valence-electron chi connectivity index (χ3n) is 4.57. The topological polar surface area (TPSA) is 40.5 Å². The summed E-state index contributed by atoms with van der Waals surface area (Å²) in [6, 6.07) is 8.33. The molecular formula is C16H23NO2. The first-order chi connectivity index (χ1) is 8.95. The molecule has 0 amide bonds. The van der Waals surface area contributed by atoms with Crippen molar-refractivity contribution in [3.05, 3.63) is 35.4 Å². The number of nitrogens with zero attached hydrogens (tertiary/aromatic N) is 1. The zero-order valence-corrected chi connectivity index (χ0v) is 12.0. The van der Waals surface area contributed by atoms with E-state index in [2.05, 4.69) is 24.0 Å². The molecule has 1 aromatic rings. The minimum atomic E-state index is -0.644. The van der Waals surface area contributed by atoms with Crippen LogP contribution in [-0.2, 0) is 11.3 Å². The van der Waals surface area contributed by atoms with Crippen molar-refractivity contribution in [2.45, 2.75) is 33.7 Å². The van der Waals surface area contributed by atoms with Gasteiger partial charge in [-0.2, -0.15) is 0 Å². The van der Waals surface area contributed by atoms with Gasteiger partial charge in [0.25, 0.3) is 0 Å². The number of likely N-dealkylation sites (tertiary alicyclic amines) is 1. The fraction of sp³-hybridized carbons (Fsp3) is 0.562. The summed E-state index contributed by atoms with van der Waals surface area (Å²) in [4.78, 5) is 13.9. The molecule has 1 atom stereocenters. The second-order valence-electron chi connectivity index (χ2n) is 6.00. The van der Waals surface area contributed by atoms with Crippen molar-refractivity contribution in [2.24, 2.45) is 11.3 Å². The molecule has 1 N–H and O–H groups in total. The van der Waals surface area contributed by atoms with Gasteiger partial charge in [-0.3, -0.25) is 9.69 Å². The van der Waals surface area contributed by atoms with Crippen molar-refractivity contribution < 1.29 is 9.90 Å². The number of carboxylic acids is 1. The smallest absolute Gasteiger partial charge is 0.311 e. The van der Waals surface area contributed by atoms with Crippen LogP contribution >= 0.6 is 0 Å². The summed E-state index contributed by atoms with van der Waals surface area (Å²) in [5.74, 6) is -0.471. The monoisotopic (exact) mass is 261 g/mol. The number of benzene rings is 1. The molecule has 3 nitrogen and oxygen atoms in total. The Morgan fingerprint density at radius 3 is 2.63 bits per heavy atom. The quantitative estimate of drug-likeness (QED) is 0.906. The maximum Gasteiger partial charge on any atom is 0.311 e. The average Bonchev–Trinajstić information content (AvgIpc) is 2.77. The fourth-order valence-electron chi connectivity index (χ4n) is 2.97. The summed E-state index contributed by atoms with van der Waals surface area (Å²) in [6.07, 6.45) is 0.756. The van der Waals surface area contributed by atoms with Gasteiger partial charge in [0.1, 0.15) is 0 Å². The van der Waals surface area contributed by atoms with E-state index in [-0.39, 0.29) is 5.92 Å². The Balaban J connectivity index is 2.10. The number of aryl methyl sites for hydroxylation is 1. The standard InChI is InChI=1S/C16H23NO2/c1-12(2)16(15(18)19)8-9-17(11-16)10-14-7-5-4-6-13(14)3/h4-7,12H,8-11H2,1-3H3,(H,18,19). The van der Waals surface area contributed by atoms with Crippen molar-refractivity contribution in [1.29, 1.82) is 0 Å². The molecule has 1 aliphatic rings. The van der Waals surface area contributed by atoms with E-state index in [9.17, 15) is 9.90 Å². The first-order valence-electron chi connectivity index (χ1n) is 6.96. The second-order valence-corrected chi connectivity index (χ2v) is 6.00. The molecule has 3 heteroatoms. The SMILES string of the molecule is Cc1ccccc1CN1CCC(C(=O)O)(C(C)C)C1. The van der Waals surface area contributed by atoms with E-state index >= 15 is 0 Å². The van der Waals surface area contributed by atoms with Gasteiger partial charge in [-0.15, -0.1) is 0 Å². The molecule has 0 saturated carbocycles. The third-order valence-corrected chi connectivity index (χ3v) is 4.57. The van der Waals surface area contributed by atoms with E-state index in [0.717, 1.165) is 19.5 Å². The van der Waals surface area contributed by atoms with Crippen LogP contribution in [0, 0.1) is 18.3 Å². The fourth-order valence-corrected chi connectivity index (χ4v) is 2.97. The maximum atomic E-state index is 11.6. The predicted molar refractivity (Wildman–Crippen MR) is 76.0 cm³/mol. The van der Waals surface area contributed by atoms with Gasteiger partial charge in [-0.05, 0) is 36.9 Å². The predicted octanol–water partition coefficient (Wildman–Crippen LogP) is 2.93. The van der Waals surface area contributed by atoms with Crippen molar-refractivity contribution in [3.63, 3.8) is 0 Å². The summed E-state index contributed by atoms with van der Waals surface area (Å²) >= 11 is 0. The van der Waals surface area contributed by atoms with Crippen molar-refractivity contribution in [2.75, 3.05) is 13.1 Å². The van der Waals surface area contributed by atoms with Gasteiger partial charge in [0.05, 0.1) is 5.41 Å². The molecular weight excluding hydrogens is 238 g/mol. The molecule has 2 rings (SSSR count). The summed E-state index contributed by atoms with van der Waals surface area (Å²) in [5.41, 5.74) is 2.01. The Hall–Kier alpha value is -1.35. The molecule has 1 aliphatic heterocycles. The van der Waals surface area contributed by atoms with Crippen molar-refractivity contribution >= 4 is 5.97 Å². The highest BCUT2D eigenvalue weighted by Gasteiger charge is 2.47. The molecule has 0 radical (unpaired) electrons. The Labute approximate surface area is 115 Å². The number of carbonyl (C=O) groups is 1. The Kier molecular flexibility index (Phi) is 3.95. The van der Waals surface area contributed by atoms with E-state index in [0.29, 0.717) is 6.54 Å². The van der Waals surface area contributed by atoms with Gasteiger partial charge < -0.3 is 5.11 Å². The molecule has 1 unspecified atom stereocenters. The second kappa shape index (κ2) is 5.33. The van der Waals surface area contributed by atoms with Crippen molar-refractivity contribution in [1.82, 2.24) is 4.90 Å². The Morgan fingerprint density at radius 1 is 1.42 bits per heavy atom. The van der Waals surface area contributed by atoms with Crippen LogP contribution in [0.2, 0.25) is 0 Å². The number of hydrogen-bond acceptors (Lipinski definition) is 2. The van der Waals surface area contributed by atoms with E-state index in [1.165, 1.54) is 11.1 Å². The highest BCUT2D eigenvalue weighted by atomic mass is 16.4. The van der Waals surface area contributed by atoms with E-state index in [1.54, 1.807) is 0 Å². The number of hydrogen-bond donors (Lipinski definition) is 1. The normalized spacial score (nSPS) is 24.0. The van der Waals surface area contributed by atoms with E-state index in [4.69, 9.17) is 0 Å². The van der Waals surface area contributed by atoms with Gasteiger partial charge >= 0.3 is 5.97 Å². The first kappa shape index (κ1) is 14.1. The van der Waals surface area contributed by atoms with E-state index < -0.39 is 11.4 Å². The molecule has 104 valence electrons. The number of rotatable bonds is 4. The Bertz CT molecular complexity index is 470. The molecule has 0 aliphatic carbocycles. The lowest BCUT2D eigenvalue weighted by molar-refractivity contribution is -0.151. The zero-order chi connectivity index (χ0) is 14.0. The zero-order valence-electron chi connectivity index (χ0n) is 12.0. The molecule has 0 spiro atoms. The minimum Gasteiger partial charge on any atom is -0.481 e. The van der Waals surface area contributed by atoms with Crippen LogP contribution in [-0.4, -0.2) is 29.1 Å².